The molecule has 0 N–H and O–H groups in total. The Morgan fingerprint density at radius 2 is 1.64 bits per heavy atom. The number of Topliss-reactive ketones (excluding diaryl/α,β-unsaturated/α-hetero) is 1. The van der Waals surface area contributed by atoms with Crippen LogP contribution in [0.2, 0.25) is 5.32 Å². The summed E-state index contributed by atoms with van der Waals surface area (Å²) in [4.78, 5) is 16.6. The number of carbonyl (C=O) groups excluding carboxylic acids is 1. The van der Waals surface area contributed by atoms with Gasteiger partial charge in [0.15, 0.2) is 0 Å². The Kier molecular flexibility index (Phi) is 5.93. The number of ketones is 1. The molecule has 0 bridgehead atoms. The number of halogens is 3. The van der Waals surface area contributed by atoms with Gasteiger partial charge in [0.1, 0.15) is 0 Å². The van der Waals surface area contributed by atoms with E-state index in [9.17, 15) is 23.2 Å². The quantitative estimate of drug-likeness (QED) is 0.436. The van der Waals surface area contributed by atoms with Crippen molar-refractivity contribution < 1.29 is 18.0 Å². The van der Waals surface area contributed by atoms with Gasteiger partial charge in [0.2, 0.25) is 0 Å². The molecule has 1 heterocycles. The topological polar surface area (TPSA) is 53.8 Å². The Bertz CT molecular complexity index is 1030. The first kappa shape index (κ1) is 19.8. The van der Waals surface area contributed by atoms with Gasteiger partial charge in [-0.2, -0.15) is 0 Å². The molecule has 3 nitrogen and oxygen atoms in total. The molecular weight excluding hydrogens is 432 g/mol. The SMILES string of the molecule is N#Cc1c(C(F)(F)F)cc(-c2ccccc2)nc1[Se]CC(=O)c1ccccc1. The first-order chi connectivity index (χ1) is 13.4. The van der Waals surface area contributed by atoms with Crippen molar-refractivity contribution in [2.75, 3.05) is 0 Å². The van der Waals surface area contributed by atoms with Crippen LogP contribution in [0.3, 0.4) is 0 Å². The molecule has 3 aromatic rings. The minimum absolute atomic E-state index is 0.0221. The summed E-state index contributed by atoms with van der Waals surface area (Å²) in [6.45, 7) is 0. The molecule has 0 atom stereocenters. The summed E-state index contributed by atoms with van der Waals surface area (Å²) < 4.78 is 40.6. The summed E-state index contributed by atoms with van der Waals surface area (Å²) in [5.41, 5.74) is -0.390. The summed E-state index contributed by atoms with van der Waals surface area (Å²) in [5, 5.41) is 9.36. The van der Waals surface area contributed by atoms with Crippen molar-refractivity contribution in [1.29, 1.82) is 5.26 Å². The van der Waals surface area contributed by atoms with Gasteiger partial charge < -0.3 is 0 Å². The molecule has 0 aliphatic rings. The third-order valence-corrected chi connectivity index (χ3v) is 5.96. The van der Waals surface area contributed by atoms with Gasteiger partial charge in [-0.15, -0.1) is 0 Å². The number of hydrogen-bond acceptors (Lipinski definition) is 3. The Morgan fingerprint density at radius 1 is 1.04 bits per heavy atom. The first-order valence-corrected chi connectivity index (χ1v) is 10.3. The Balaban J connectivity index is 2.01. The van der Waals surface area contributed by atoms with Crippen molar-refractivity contribution in [2.45, 2.75) is 11.5 Å². The van der Waals surface area contributed by atoms with Crippen LogP contribution in [0.4, 0.5) is 13.2 Å². The molecule has 28 heavy (non-hydrogen) atoms. The number of nitrogens with zero attached hydrogens (tertiary/aromatic N) is 2. The Labute approximate surface area is 166 Å². The standard InChI is InChI=1S/C21H13F3N2OSe/c22-21(23,24)17-11-18(14-7-3-1-4-8-14)26-20(16(17)12-25)28-13-19(27)15-9-5-2-6-10-15/h1-11H,13H2. The van der Waals surface area contributed by atoms with Crippen molar-refractivity contribution in [3.8, 4) is 17.3 Å². The van der Waals surface area contributed by atoms with Gasteiger partial charge >= 0.3 is 166 Å². The fourth-order valence-electron chi connectivity index (χ4n) is 2.56. The van der Waals surface area contributed by atoms with Crippen LogP contribution < -0.4 is 4.59 Å². The van der Waals surface area contributed by atoms with Crippen molar-refractivity contribution >= 4 is 25.3 Å². The maximum atomic E-state index is 13.5. The van der Waals surface area contributed by atoms with Crippen LogP contribution in [0.5, 0.6) is 0 Å². The van der Waals surface area contributed by atoms with E-state index in [0.717, 1.165) is 6.07 Å². The van der Waals surface area contributed by atoms with E-state index in [1.165, 1.54) is 0 Å². The van der Waals surface area contributed by atoms with E-state index < -0.39 is 32.3 Å². The zero-order chi connectivity index (χ0) is 20.1. The molecule has 0 aliphatic carbocycles. The average Bonchev–Trinajstić information content (AvgIpc) is 2.71. The number of carbonyl (C=O) groups is 1. The fraction of sp³-hybridized carbons (Fsp3) is 0.0952. The molecule has 7 heteroatoms. The Morgan fingerprint density at radius 3 is 2.21 bits per heavy atom. The summed E-state index contributed by atoms with van der Waals surface area (Å²) in [5.74, 6) is -0.190. The molecule has 3 rings (SSSR count). The molecule has 2 aromatic carbocycles. The van der Waals surface area contributed by atoms with Gasteiger partial charge in [0, 0.05) is 0 Å². The van der Waals surface area contributed by atoms with Crippen LogP contribution in [0, 0.1) is 11.3 Å². The number of aromatic nitrogens is 1. The fourth-order valence-corrected chi connectivity index (χ4v) is 4.44. The van der Waals surface area contributed by atoms with Crippen LogP contribution >= 0.6 is 0 Å². The van der Waals surface area contributed by atoms with Crippen LogP contribution in [0.25, 0.3) is 11.3 Å². The third kappa shape index (κ3) is 4.48. The summed E-state index contributed by atoms with van der Waals surface area (Å²) in [6.07, 6.45) is -4.69. The van der Waals surface area contributed by atoms with E-state index in [-0.39, 0.29) is 21.4 Å². The number of pyridine rings is 1. The van der Waals surface area contributed by atoms with Crippen LogP contribution in [0.1, 0.15) is 21.5 Å². The normalized spacial score (nSPS) is 11.1. The molecule has 0 amide bonds. The van der Waals surface area contributed by atoms with E-state index >= 15 is 0 Å². The predicted octanol–water partition coefficient (Wildman–Crippen LogP) is 4.27. The van der Waals surface area contributed by atoms with Crippen molar-refractivity contribution in [1.82, 2.24) is 4.98 Å². The first-order valence-electron chi connectivity index (χ1n) is 8.19. The zero-order valence-corrected chi connectivity index (χ0v) is 16.1. The summed E-state index contributed by atoms with van der Waals surface area (Å²) in [7, 11) is 0. The minimum atomic E-state index is -4.69. The molecule has 0 spiro atoms. The van der Waals surface area contributed by atoms with E-state index in [0.29, 0.717) is 11.1 Å². The third-order valence-electron chi connectivity index (χ3n) is 3.91. The molecule has 0 unspecified atom stereocenters. The van der Waals surface area contributed by atoms with Gasteiger partial charge in [0.05, 0.1) is 0 Å². The number of nitriles is 1. The molecule has 0 saturated heterocycles. The second-order valence-corrected chi connectivity index (χ2v) is 7.81. The number of rotatable bonds is 5. The number of alkyl halides is 3. The molecule has 0 saturated carbocycles. The monoisotopic (exact) mass is 446 g/mol. The summed E-state index contributed by atoms with van der Waals surface area (Å²) in [6, 6.07) is 19.5. The average molecular weight is 445 g/mol. The number of hydrogen-bond donors (Lipinski definition) is 0. The van der Waals surface area contributed by atoms with Crippen LogP contribution in [-0.4, -0.2) is 25.7 Å². The molecule has 0 radical (unpaired) electrons. The van der Waals surface area contributed by atoms with Gasteiger partial charge in [-0.25, -0.2) is 0 Å². The molecule has 0 fully saturated rings. The van der Waals surface area contributed by atoms with Gasteiger partial charge in [-0.1, -0.05) is 0 Å². The molecule has 0 aliphatic heterocycles. The summed E-state index contributed by atoms with van der Waals surface area (Å²) >= 11 is -0.719. The Hall–Kier alpha value is -2.94. The van der Waals surface area contributed by atoms with Gasteiger partial charge in [-0.3, -0.25) is 0 Å². The van der Waals surface area contributed by atoms with Crippen molar-refractivity contribution in [2.24, 2.45) is 0 Å². The van der Waals surface area contributed by atoms with Crippen molar-refractivity contribution in [3.05, 3.63) is 83.4 Å². The molecular formula is C21H13F3N2OSe. The molecule has 140 valence electrons. The number of benzene rings is 2. The van der Waals surface area contributed by atoms with Crippen LogP contribution in [0.15, 0.2) is 66.7 Å². The van der Waals surface area contributed by atoms with E-state index in [1.807, 2.05) is 0 Å². The predicted molar refractivity (Wildman–Crippen MR) is 100 cm³/mol. The van der Waals surface area contributed by atoms with E-state index in [2.05, 4.69) is 4.98 Å². The second kappa shape index (κ2) is 8.39. The maximum absolute atomic E-state index is 13.5. The van der Waals surface area contributed by atoms with E-state index in [1.54, 1.807) is 66.7 Å². The van der Waals surface area contributed by atoms with Gasteiger partial charge in [0.25, 0.3) is 0 Å². The van der Waals surface area contributed by atoms with Crippen LogP contribution in [-0.2, 0) is 6.18 Å². The second-order valence-electron chi connectivity index (χ2n) is 5.79. The van der Waals surface area contributed by atoms with Crippen molar-refractivity contribution in [3.63, 3.8) is 0 Å². The molecule has 1 aromatic heterocycles. The van der Waals surface area contributed by atoms with Gasteiger partial charge in [-0.05, 0) is 0 Å². The zero-order valence-electron chi connectivity index (χ0n) is 14.4. The van der Waals surface area contributed by atoms with E-state index in [4.69, 9.17) is 0 Å².